The molecule has 2 atom stereocenters. The number of likely N-dealkylation sites (tertiary alicyclic amines) is 1. The molecular weight excluding hydrogens is 411 g/mol. The SMILES string of the molecule is CS(=O)(=O)c1ccc(OC[C@H]2CC[C@H](N3CC4CCC(C3)N4C(=O)O)CC2)c(F)c1. The molecule has 2 bridgehead atoms. The maximum Gasteiger partial charge on any atom is 0.407 e. The highest BCUT2D eigenvalue weighted by molar-refractivity contribution is 7.90. The number of rotatable bonds is 5. The van der Waals surface area contributed by atoms with Gasteiger partial charge in [-0.3, -0.25) is 9.80 Å². The van der Waals surface area contributed by atoms with E-state index in [9.17, 15) is 22.7 Å². The molecule has 1 aliphatic carbocycles. The van der Waals surface area contributed by atoms with Crippen LogP contribution in [-0.4, -0.2) is 73.5 Å². The minimum absolute atomic E-state index is 0.0511. The van der Waals surface area contributed by atoms with Crippen molar-refractivity contribution >= 4 is 15.9 Å². The first kappa shape index (κ1) is 21.4. The van der Waals surface area contributed by atoms with Crippen LogP contribution in [0.4, 0.5) is 9.18 Å². The largest absolute Gasteiger partial charge is 0.490 e. The molecule has 2 heterocycles. The Kier molecular flexibility index (Phi) is 5.94. The first-order valence-electron chi connectivity index (χ1n) is 10.6. The molecule has 0 aromatic heterocycles. The van der Waals surface area contributed by atoms with E-state index in [1.807, 2.05) is 0 Å². The molecule has 30 heavy (non-hydrogen) atoms. The van der Waals surface area contributed by atoms with Gasteiger partial charge < -0.3 is 9.84 Å². The fourth-order valence-corrected chi connectivity index (χ4v) is 5.89. The van der Waals surface area contributed by atoms with Crippen molar-refractivity contribution in [2.24, 2.45) is 5.92 Å². The highest BCUT2D eigenvalue weighted by Gasteiger charge is 2.44. The standard InChI is InChI=1S/C21H29FN2O5S/c1-30(27,28)18-8-9-20(19(22)10-18)29-13-14-2-4-15(5-3-14)23-11-16-6-7-17(12-23)24(16)21(25)26/h8-10,14-17H,2-7,11-13H2,1H3,(H,25,26)/t14-,15-,16?,17?. The number of benzene rings is 1. The van der Waals surface area contributed by atoms with Crippen molar-refractivity contribution in [2.75, 3.05) is 26.0 Å². The highest BCUT2D eigenvalue weighted by atomic mass is 32.2. The number of carbonyl (C=O) groups is 1. The number of amides is 1. The fourth-order valence-electron chi connectivity index (χ4n) is 5.26. The van der Waals surface area contributed by atoms with Gasteiger partial charge in [-0.25, -0.2) is 17.6 Å². The van der Waals surface area contributed by atoms with Crippen LogP contribution < -0.4 is 4.74 Å². The molecule has 4 rings (SSSR count). The number of hydrogen-bond donors (Lipinski definition) is 1. The van der Waals surface area contributed by atoms with E-state index >= 15 is 0 Å². The van der Waals surface area contributed by atoms with Crippen molar-refractivity contribution in [3.63, 3.8) is 0 Å². The highest BCUT2D eigenvalue weighted by Crippen LogP contribution is 2.35. The second-order valence-electron chi connectivity index (χ2n) is 8.88. The van der Waals surface area contributed by atoms with Crippen LogP contribution in [0.5, 0.6) is 5.75 Å². The molecule has 0 spiro atoms. The van der Waals surface area contributed by atoms with Gasteiger partial charge in [0.2, 0.25) is 0 Å². The van der Waals surface area contributed by atoms with E-state index in [0.29, 0.717) is 18.6 Å². The summed E-state index contributed by atoms with van der Waals surface area (Å²) in [5.41, 5.74) is 0. The van der Waals surface area contributed by atoms with E-state index in [4.69, 9.17) is 4.74 Å². The molecule has 1 N–H and O–H groups in total. The van der Waals surface area contributed by atoms with E-state index < -0.39 is 21.7 Å². The number of nitrogens with zero attached hydrogens (tertiary/aromatic N) is 2. The minimum Gasteiger partial charge on any atom is -0.490 e. The Hall–Kier alpha value is -1.87. The van der Waals surface area contributed by atoms with Gasteiger partial charge in [0, 0.05) is 37.5 Å². The number of halogens is 1. The van der Waals surface area contributed by atoms with E-state index in [1.165, 1.54) is 12.1 Å². The number of carboxylic acid groups (broad SMARTS) is 1. The van der Waals surface area contributed by atoms with Crippen molar-refractivity contribution in [1.29, 1.82) is 0 Å². The van der Waals surface area contributed by atoms with E-state index in [1.54, 1.807) is 4.90 Å². The number of piperazine rings is 1. The third kappa shape index (κ3) is 4.42. The third-order valence-electron chi connectivity index (χ3n) is 6.87. The van der Waals surface area contributed by atoms with E-state index in [-0.39, 0.29) is 22.7 Å². The van der Waals surface area contributed by atoms with Gasteiger partial charge in [-0.2, -0.15) is 0 Å². The molecule has 3 fully saturated rings. The molecule has 2 saturated heterocycles. The predicted octanol–water partition coefficient (Wildman–Crippen LogP) is 2.99. The van der Waals surface area contributed by atoms with Crippen molar-refractivity contribution in [1.82, 2.24) is 9.80 Å². The van der Waals surface area contributed by atoms with Crippen molar-refractivity contribution in [3.05, 3.63) is 24.0 Å². The van der Waals surface area contributed by atoms with Gasteiger partial charge in [-0.05, 0) is 62.6 Å². The van der Waals surface area contributed by atoms with Gasteiger partial charge in [0.1, 0.15) is 0 Å². The number of sulfone groups is 1. The second-order valence-corrected chi connectivity index (χ2v) is 10.9. The Bertz CT molecular complexity index is 887. The lowest BCUT2D eigenvalue weighted by Gasteiger charge is -2.45. The van der Waals surface area contributed by atoms with E-state index in [2.05, 4.69) is 4.90 Å². The second kappa shape index (κ2) is 8.34. The summed E-state index contributed by atoms with van der Waals surface area (Å²) >= 11 is 0. The van der Waals surface area contributed by atoms with Crippen LogP contribution in [0.2, 0.25) is 0 Å². The Morgan fingerprint density at radius 2 is 1.70 bits per heavy atom. The van der Waals surface area contributed by atoms with Gasteiger partial charge in [-0.15, -0.1) is 0 Å². The number of ether oxygens (including phenoxy) is 1. The quantitative estimate of drug-likeness (QED) is 0.758. The molecule has 1 aromatic carbocycles. The summed E-state index contributed by atoms with van der Waals surface area (Å²) in [4.78, 5) is 15.5. The van der Waals surface area contributed by atoms with Crippen LogP contribution >= 0.6 is 0 Å². The van der Waals surface area contributed by atoms with Gasteiger partial charge in [0.15, 0.2) is 21.4 Å². The van der Waals surface area contributed by atoms with Gasteiger partial charge in [0.05, 0.1) is 11.5 Å². The molecule has 2 aliphatic heterocycles. The topological polar surface area (TPSA) is 87.2 Å². The Morgan fingerprint density at radius 1 is 1.10 bits per heavy atom. The van der Waals surface area contributed by atoms with Crippen LogP contribution in [0, 0.1) is 11.7 Å². The fraction of sp³-hybridized carbons (Fsp3) is 0.667. The zero-order valence-corrected chi connectivity index (χ0v) is 18.0. The van der Waals surface area contributed by atoms with Crippen LogP contribution in [0.1, 0.15) is 38.5 Å². The summed E-state index contributed by atoms with van der Waals surface area (Å²) in [6, 6.07) is 4.49. The average molecular weight is 441 g/mol. The lowest BCUT2D eigenvalue weighted by Crippen LogP contribution is -2.58. The Balaban J connectivity index is 1.26. The minimum atomic E-state index is -3.44. The first-order chi connectivity index (χ1) is 14.2. The lowest BCUT2D eigenvalue weighted by atomic mass is 9.85. The molecular formula is C21H29FN2O5S. The van der Waals surface area contributed by atoms with Crippen molar-refractivity contribution in [3.8, 4) is 5.75 Å². The first-order valence-corrected chi connectivity index (χ1v) is 12.5. The molecule has 1 saturated carbocycles. The maximum atomic E-state index is 14.2. The summed E-state index contributed by atoms with van der Waals surface area (Å²) in [7, 11) is -3.44. The van der Waals surface area contributed by atoms with Crippen LogP contribution in [0.3, 0.4) is 0 Å². The molecule has 3 aliphatic rings. The monoisotopic (exact) mass is 440 g/mol. The van der Waals surface area contributed by atoms with Crippen LogP contribution in [-0.2, 0) is 9.84 Å². The molecule has 2 unspecified atom stereocenters. The number of fused-ring (bicyclic) bond motifs is 2. The van der Waals surface area contributed by atoms with Crippen molar-refractivity contribution in [2.45, 2.75) is 61.5 Å². The van der Waals surface area contributed by atoms with Gasteiger partial charge in [0.25, 0.3) is 0 Å². The van der Waals surface area contributed by atoms with Crippen LogP contribution in [0.25, 0.3) is 0 Å². The summed E-state index contributed by atoms with van der Waals surface area (Å²) in [5, 5.41) is 9.41. The molecule has 1 amide bonds. The molecule has 166 valence electrons. The maximum absolute atomic E-state index is 14.2. The Morgan fingerprint density at radius 3 is 2.23 bits per heavy atom. The summed E-state index contributed by atoms with van der Waals surface area (Å²) in [6.45, 7) is 2.07. The smallest absolute Gasteiger partial charge is 0.407 e. The van der Waals surface area contributed by atoms with E-state index in [0.717, 1.165) is 63.9 Å². The molecule has 0 radical (unpaired) electrons. The van der Waals surface area contributed by atoms with Gasteiger partial charge >= 0.3 is 6.09 Å². The summed E-state index contributed by atoms with van der Waals surface area (Å²) in [5.74, 6) is -0.225. The average Bonchev–Trinajstić information content (AvgIpc) is 2.97. The van der Waals surface area contributed by atoms with Crippen molar-refractivity contribution < 1.29 is 27.4 Å². The number of hydrogen-bond acceptors (Lipinski definition) is 5. The predicted molar refractivity (Wildman–Crippen MR) is 109 cm³/mol. The lowest BCUT2D eigenvalue weighted by molar-refractivity contribution is 0.0261. The Labute approximate surface area is 176 Å². The normalized spacial score (nSPS) is 29.7. The molecule has 7 nitrogen and oxygen atoms in total. The summed E-state index contributed by atoms with van der Waals surface area (Å²) < 4.78 is 42.8. The van der Waals surface area contributed by atoms with Crippen LogP contribution in [0.15, 0.2) is 23.1 Å². The van der Waals surface area contributed by atoms with Gasteiger partial charge in [-0.1, -0.05) is 0 Å². The molecule has 1 aromatic rings. The third-order valence-corrected chi connectivity index (χ3v) is 7.98. The molecule has 9 heteroatoms. The summed E-state index contributed by atoms with van der Waals surface area (Å²) in [6.07, 6.45) is 6.23. The zero-order valence-electron chi connectivity index (χ0n) is 17.2. The zero-order chi connectivity index (χ0) is 21.5.